The number of hydrogen-bond acceptors (Lipinski definition) is 3. The molecule has 3 heteroatoms. The van der Waals surface area contributed by atoms with Crippen LogP contribution in [0.2, 0.25) is 0 Å². The van der Waals surface area contributed by atoms with E-state index in [-0.39, 0.29) is 0 Å². The number of rotatable bonds is 0. The van der Waals surface area contributed by atoms with Gasteiger partial charge in [-0.1, -0.05) is 0 Å². The molecule has 0 aromatic heterocycles. The van der Waals surface area contributed by atoms with Crippen LogP contribution in [-0.2, 0) is 4.74 Å². The van der Waals surface area contributed by atoms with E-state index >= 15 is 0 Å². The maximum Gasteiger partial charge on any atom is 0.0600 e. The summed E-state index contributed by atoms with van der Waals surface area (Å²) in [6, 6.07) is 0.743. The van der Waals surface area contributed by atoms with Gasteiger partial charge >= 0.3 is 0 Å². The van der Waals surface area contributed by atoms with Crippen LogP contribution in [-0.4, -0.2) is 36.8 Å². The lowest BCUT2D eigenvalue weighted by Gasteiger charge is -2.35. The molecule has 2 atom stereocenters. The fourth-order valence-electron chi connectivity index (χ4n) is 1.56. The Morgan fingerprint density at radius 1 is 1.50 bits per heavy atom. The smallest absolute Gasteiger partial charge is 0.0600 e. The molecule has 0 spiro atoms. The Bertz CT molecular complexity index is 94.2. The minimum atomic E-state index is 0.738. The molecule has 0 bridgehead atoms. The molecule has 0 aromatic carbocycles. The van der Waals surface area contributed by atoms with Crippen LogP contribution >= 0.6 is 11.8 Å². The number of nitrogens with one attached hydrogen (secondary N) is 1. The molecule has 0 unspecified atom stereocenters. The van der Waals surface area contributed by atoms with E-state index < -0.39 is 0 Å². The molecule has 2 rings (SSSR count). The van der Waals surface area contributed by atoms with Crippen molar-refractivity contribution in [3.63, 3.8) is 0 Å². The van der Waals surface area contributed by atoms with E-state index in [9.17, 15) is 0 Å². The first-order chi connectivity index (χ1) is 4.97. The molecule has 0 aliphatic carbocycles. The molecular weight excluding hydrogens is 146 g/mol. The molecule has 0 aromatic rings. The lowest BCUT2D eigenvalue weighted by Crippen LogP contribution is -2.49. The van der Waals surface area contributed by atoms with E-state index in [4.69, 9.17) is 4.74 Å². The maximum atomic E-state index is 5.38. The van der Waals surface area contributed by atoms with E-state index in [1.807, 2.05) is 0 Å². The molecule has 0 radical (unpaired) electrons. The van der Waals surface area contributed by atoms with Crippen molar-refractivity contribution in [3.8, 4) is 0 Å². The van der Waals surface area contributed by atoms with Gasteiger partial charge in [0.2, 0.25) is 0 Å². The summed E-state index contributed by atoms with van der Waals surface area (Å²) in [7, 11) is 0. The van der Waals surface area contributed by atoms with Gasteiger partial charge in [0.05, 0.1) is 6.61 Å². The van der Waals surface area contributed by atoms with Gasteiger partial charge in [-0.3, -0.25) is 0 Å². The van der Waals surface area contributed by atoms with Crippen LogP contribution in [0.15, 0.2) is 0 Å². The third-order valence-electron chi connectivity index (χ3n) is 2.14. The van der Waals surface area contributed by atoms with Gasteiger partial charge < -0.3 is 10.1 Å². The standard InChI is InChI=1S/C7H13NOS/c1-3-9-5-7-6(1)8-2-4-10-7/h6-8H,1-5H2/t6-,7+/m0/s1. The molecule has 0 amide bonds. The fourth-order valence-corrected chi connectivity index (χ4v) is 2.76. The van der Waals surface area contributed by atoms with Crippen LogP contribution in [0.1, 0.15) is 6.42 Å². The average molecular weight is 159 g/mol. The van der Waals surface area contributed by atoms with Crippen LogP contribution in [0, 0.1) is 0 Å². The summed E-state index contributed by atoms with van der Waals surface area (Å²) in [5.41, 5.74) is 0. The molecule has 0 saturated carbocycles. The highest BCUT2D eigenvalue weighted by Crippen LogP contribution is 2.23. The van der Waals surface area contributed by atoms with Crippen molar-refractivity contribution < 1.29 is 4.74 Å². The van der Waals surface area contributed by atoms with Crippen LogP contribution in [0.4, 0.5) is 0 Å². The molecule has 1 N–H and O–H groups in total. The first kappa shape index (κ1) is 6.95. The molecule has 2 aliphatic rings. The second-order valence-corrected chi connectivity index (χ2v) is 4.18. The number of ether oxygens (including phenoxy) is 1. The highest BCUT2D eigenvalue weighted by molar-refractivity contribution is 8.00. The van der Waals surface area contributed by atoms with Crippen LogP contribution in [0.3, 0.4) is 0 Å². The van der Waals surface area contributed by atoms with Crippen molar-refractivity contribution in [3.05, 3.63) is 0 Å². The van der Waals surface area contributed by atoms with Gasteiger partial charge in [0, 0.05) is 30.2 Å². The van der Waals surface area contributed by atoms with Crippen molar-refractivity contribution in [2.75, 3.05) is 25.5 Å². The van der Waals surface area contributed by atoms with Gasteiger partial charge in [-0.2, -0.15) is 11.8 Å². The highest BCUT2D eigenvalue weighted by Gasteiger charge is 2.27. The van der Waals surface area contributed by atoms with Gasteiger partial charge in [0.15, 0.2) is 0 Å². The Hall–Kier alpha value is 0.270. The predicted octanol–water partition coefficient (Wildman–Crippen LogP) is 0.480. The summed E-state index contributed by atoms with van der Waals surface area (Å²) >= 11 is 2.06. The van der Waals surface area contributed by atoms with E-state index in [1.54, 1.807) is 0 Å². The summed E-state index contributed by atoms with van der Waals surface area (Å²) in [5.74, 6) is 1.25. The predicted molar refractivity (Wildman–Crippen MR) is 43.5 cm³/mol. The molecular formula is C7H13NOS. The summed E-state index contributed by atoms with van der Waals surface area (Å²) in [6.07, 6.45) is 1.21. The maximum absolute atomic E-state index is 5.38. The van der Waals surface area contributed by atoms with Crippen molar-refractivity contribution in [1.82, 2.24) is 5.32 Å². The van der Waals surface area contributed by atoms with Gasteiger partial charge in [0.25, 0.3) is 0 Å². The van der Waals surface area contributed by atoms with Crippen molar-refractivity contribution in [2.45, 2.75) is 17.7 Å². The van der Waals surface area contributed by atoms with Crippen LogP contribution in [0.5, 0.6) is 0 Å². The fraction of sp³-hybridized carbons (Fsp3) is 1.00. The minimum Gasteiger partial charge on any atom is -0.380 e. The Morgan fingerprint density at radius 2 is 2.50 bits per heavy atom. The lowest BCUT2D eigenvalue weighted by molar-refractivity contribution is 0.0822. The van der Waals surface area contributed by atoms with E-state index in [2.05, 4.69) is 17.1 Å². The Labute approximate surface area is 65.7 Å². The SMILES string of the molecule is C1CS[C@@H]2COCC[C@@H]2N1. The molecule has 58 valence electrons. The zero-order chi connectivity index (χ0) is 6.81. The van der Waals surface area contributed by atoms with Gasteiger partial charge in [-0.25, -0.2) is 0 Å². The second kappa shape index (κ2) is 3.11. The first-order valence-corrected chi connectivity index (χ1v) is 4.94. The largest absolute Gasteiger partial charge is 0.380 e. The topological polar surface area (TPSA) is 21.3 Å². The molecule has 2 nitrogen and oxygen atoms in total. The molecule has 2 fully saturated rings. The molecule has 10 heavy (non-hydrogen) atoms. The normalized spacial score (nSPS) is 40.8. The Morgan fingerprint density at radius 3 is 3.40 bits per heavy atom. The number of thioether (sulfide) groups is 1. The zero-order valence-electron chi connectivity index (χ0n) is 6.01. The third-order valence-corrected chi connectivity index (χ3v) is 3.48. The van der Waals surface area contributed by atoms with E-state index in [1.165, 1.54) is 18.7 Å². The zero-order valence-corrected chi connectivity index (χ0v) is 6.82. The Balaban J connectivity index is 1.93. The summed E-state index contributed by atoms with van der Waals surface area (Å²) < 4.78 is 5.38. The number of fused-ring (bicyclic) bond motifs is 1. The van der Waals surface area contributed by atoms with Crippen molar-refractivity contribution in [1.29, 1.82) is 0 Å². The van der Waals surface area contributed by atoms with Gasteiger partial charge in [0.1, 0.15) is 0 Å². The third kappa shape index (κ3) is 1.31. The minimum absolute atomic E-state index is 0.738. The van der Waals surface area contributed by atoms with E-state index in [0.29, 0.717) is 0 Å². The summed E-state index contributed by atoms with van der Waals surface area (Å²) in [5, 5.41) is 4.26. The molecule has 2 saturated heterocycles. The first-order valence-electron chi connectivity index (χ1n) is 3.89. The van der Waals surface area contributed by atoms with Crippen LogP contribution < -0.4 is 5.32 Å². The monoisotopic (exact) mass is 159 g/mol. The highest BCUT2D eigenvalue weighted by atomic mass is 32.2. The van der Waals surface area contributed by atoms with Crippen molar-refractivity contribution >= 4 is 11.8 Å². The molecule has 2 aliphatic heterocycles. The lowest BCUT2D eigenvalue weighted by atomic mass is 10.1. The summed E-state index contributed by atoms with van der Waals surface area (Å²) in [4.78, 5) is 0. The summed E-state index contributed by atoms with van der Waals surface area (Å²) in [6.45, 7) is 3.10. The number of hydrogen-bond donors (Lipinski definition) is 1. The van der Waals surface area contributed by atoms with Gasteiger partial charge in [-0.15, -0.1) is 0 Å². The van der Waals surface area contributed by atoms with E-state index in [0.717, 1.165) is 24.5 Å². The Kier molecular flexibility index (Phi) is 2.16. The van der Waals surface area contributed by atoms with Gasteiger partial charge in [-0.05, 0) is 6.42 Å². The van der Waals surface area contributed by atoms with Crippen molar-refractivity contribution in [2.24, 2.45) is 0 Å². The quantitative estimate of drug-likeness (QED) is 0.555. The average Bonchev–Trinajstić information content (AvgIpc) is 2.05. The van der Waals surface area contributed by atoms with Crippen LogP contribution in [0.25, 0.3) is 0 Å². The molecule has 2 heterocycles. The second-order valence-electron chi connectivity index (χ2n) is 2.83.